The number of rotatable bonds is 3. The lowest BCUT2D eigenvalue weighted by molar-refractivity contribution is -0.0863. The molecule has 0 spiro atoms. The second-order valence-corrected chi connectivity index (χ2v) is 4.48. The third-order valence-electron chi connectivity index (χ3n) is 3.01. The van der Waals surface area contributed by atoms with Gasteiger partial charge in [0.25, 0.3) is 5.91 Å². The maximum atomic E-state index is 12.0. The van der Waals surface area contributed by atoms with Crippen molar-refractivity contribution in [3.05, 3.63) is 18.0 Å². The quantitative estimate of drug-likeness (QED) is 0.807. The van der Waals surface area contributed by atoms with E-state index in [1.54, 1.807) is 28.9 Å². The smallest absolute Gasteiger partial charge is 0.272 e. The minimum atomic E-state index is -0.664. The topological polar surface area (TPSA) is 58.4 Å². The van der Waals surface area contributed by atoms with Gasteiger partial charge in [0.1, 0.15) is 5.69 Å². The van der Waals surface area contributed by atoms with E-state index in [1.165, 1.54) is 0 Å². The Morgan fingerprint density at radius 1 is 1.62 bits per heavy atom. The van der Waals surface area contributed by atoms with Crippen LogP contribution in [0.5, 0.6) is 0 Å². The minimum absolute atomic E-state index is 0.0548. The van der Waals surface area contributed by atoms with E-state index in [-0.39, 0.29) is 5.91 Å². The zero-order chi connectivity index (χ0) is 11.8. The normalized spacial score (nSPS) is 18.3. The van der Waals surface area contributed by atoms with Gasteiger partial charge in [0.2, 0.25) is 0 Å². The van der Waals surface area contributed by atoms with Crippen LogP contribution in [0.15, 0.2) is 12.3 Å². The first-order chi connectivity index (χ1) is 7.56. The number of aryl methyl sites for hydroxylation is 1. The lowest BCUT2D eigenvalue weighted by Gasteiger charge is -2.46. The first-order valence-electron chi connectivity index (χ1n) is 5.55. The lowest BCUT2D eigenvalue weighted by Crippen LogP contribution is -2.63. The maximum absolute atomic E-state index is 12.0. The van der Waals surface area contributed by atoms with Crippen LogP contribution in [0.3, 0.4) is 0 Å². The predicted octanol–water partition coefficient (Wildman–Crippen LogP) is 0.407. The highest BCUT2D eigenvalue weighted by Crippen LogP contribution is 2.26. The van der Waals surface area contributed by atoms with Gasteiger partial charge in [0.15, 0.2) is 0 Å². The molecule has 2 rings (SSSR count). The van der Waals surface area contributed by atoms with Gasteiger partial charge in [-0.1, -0.05) is 13.3 Å². The van der Waals surface area contributed by atoms with Crippen molar-refractivity contribution >= 4 is 5.91 Å². The number of hydrogen-bond acceptors (Lipinski definition) is 3. The molecule has 0 radical (unpaired) electrons. The Kier molecular flexibility index (Phi) is 2.71. The summed E-state index contributed by atoms with van der Waals surface area (Å²) in [5, 5.41) is 13.9. The number of carbonyl (C=O) groups is 1. The molecule has 5 nitrogen and oxygen atoms in total. The number of aliphatic hydroxyl groups is 1. The molecule has 1 aromatic heterocycles. The van der Waals surface area contributed by atoms with Gasteiger partial charge in [-0.2, -0.15) is 5.10 Å². The van der Waals surface area contributed by atoms with Crippen molar-refractivity contribution < 1.29 is 9.90 Å². The zero-order valence-corrected chi connectivity index (χ0v) is 9.68. The third kappa shape index (κ3) is 1.82. The van der Waals surface area contributed by atoms with Gasteiger partial charge in [0, 0.05) is 13.2 Å². The van der Waals surface area contributed by atoms with Gasteiger partial charge in [0.05, 0.1) is 18.7 Å². The molecule has 0 bridgehead atoms. The highest BCUT2D eigenvalue weighted by Gasteiger charge is 2.43. The van der Waals surface area contributed by atoms with Crippen LogP contribution in [0.1, 0.15) is 30.3 Å². The average Bonchev–Trinajstić information content (AvgIpc) is 2.60. The number of hydrogen-bond donors (Lipinski definition) is 1. The first-order valence-corrected chi connectivity index (χ1v) is 5.55. The molecular formula is C11H17N3O2. The van der Waals surface area contributed by atoms with Crippen LogP contribution in [0.2, 0.25) is 0 Å². The fraction of sp³-hybridized carbons (Fsp3) is 0.636. The molecule has 0 unspecified atom stereocenters. The molecule has 1 amide bonds. The fourth-order valence-electron chi connectivity index (χ4n) is 2.18. The molecule has 1 fully saturated rings. The van der Waals surface area contributed by atoms with Crippen LogP contribution in [-0.4, -0.2) is 44.4 Å². The van der Waals surface area contributed by atoms with Crippen molar-refractivity contribution in [3.8, 4) is 0 Å². The fourth-order valence-corrected chi connectivity index (χ4v) is 2.18. The molecule has 1 saturated heterocycles. The number of aromatic nitrogens is 2. The number of nitrogens with zero attached hydrogens (tertiary/aromatic N) is 3. The summed E-state index contributed by atoms with van der Waals surface area (Å²) < 4.78 is 1.56. The van der Waals surface area contributed by atoms with Crippen LogP contribution in [0.4, 0.5) is 0 Å². The Labute approximate surface area is 94.7 Å². The van der Waals surface area contributed by atoms with E-state index in [4.69, 9.17) is 0 Å². The van der Waals surface area contributed by atoms with Gasteiger partial charge in [-0.05, 0) is 12.5 Å². The lowest BCUT2D eigenvalue weighted by atomic mass is 9.89. The largest absolute Gasteiger partial charge is 0.386 e. The van der Waals surface area contributed by atoms with Crippen molar-refractivity contribution in [1.82, 2.24) is 14.7 Å². The van der Waals surface area contributed by atoms with Crippen LogP contribution >= 0.6 is 0 Å². The van der Waals surface area contributed by atoms with Crippen molar-refractivity contribution in [1.29, 1.82) is 0 Å². The van der Waals surface area contributed by atoms with E-state index in [0.29, 0.717) is 18.8 Å². The van der Waals surface area contributed by atoms with E-state index in [9.17, 15) is 9.90 Å². The molecule has 2 heterocycles. The molecule has 88 valence electrons. The summed E-state index contributed by atoms with van der Waals surface area (Å²) in [5.74, 6) is -0.0548. The molecule has 0 saturated carbocycles. The van der Waals surface area contributed by atoms with E-state index < -0.39 is 5.60 Å². The van der Waals surface area contributed by atoms with Crippen molar-refractivity contribution in [2.45, 2.75) is 25.4 Å². The van der Waals surface area contributed by atoms with E-state index in [0.717, 1.165) is 12.8 Å². The summed E-state index contributed by atoms with van der Waals surface area (Å²) in [4.78, 5) is 13.6. The Morgan fingerprint density at radius 2 is 2.31 bits per heavy atom. The van der Waals surface area contributed by atoms with Gasteiger partial charge in [-0.3, -0.25) is 9.48 Å². The zero-order valence-electron chi connectivity index (χ0n) is 9.68. The summed E-state index contributed by atoms with van der Waals surface area (Å²) in [6.07, 6.45) is 3.29. The molecule has 1 aliphatic heterocycles. The molecule has 0 aromatic carbocycles. The summed E-state index contributed by atoms with van der Waals surface area (Å²) in [7, 11) is 1.74. The summed E-state index contributed by atoms with van der Waals surface area (Å²) in [5.41, 5.74) is -0.0956. The minimum Gasteiger partial charge on any atom is -0.386 e. The predicted molar refractivity (Wildman–Crippen MR) is 59.0 cm³/mol. The summed E-state index contributed by atoms with van der Waals surface area (Å²) in [6, 6.07) is 1.69. The number of amides is 1. The molecule has 1 aromatic rings. The van der Waals surface area contributed by atoms with Crippen LogP contribution in [-0.2, 0) is 7.05 Å². The number of likely N-dealkylation sites (tertiary alicyclic amines) is 1. The average molecular weight is 223 g/mol. The van der Waals surface area contributed by atoms with Crippen molar-refractivity contribution in [2.24, 2.45) is 7.05 Å². The molecule has 5 heteroatoms. The summed E-state index contributed by atoms with van der Waals surface area (Å²) in [6.45, 7) is 2.90. The maximum Gasteiger partial charge on any atom is 0.272 e. The highest BCUT2D eigenvalue weighted by molar-refractivity contribution is 5.93. The summed E-state index contributed by atoms with van der Waals surface area (Å²) >= 11 is 0. The SMILES string of the molecule is CCCC1(O)CN(C(=O)c2ccnn2C)C1. The molecule has 0 atom stereocenters. The van der Waals surface area contributed by atoms with E-state index >= 15 is 0 Å². The van der Waals surface area contributed by atoms with Crippen LogP contribution in [0.25, 0.3) is 0 Å². The number of carbonyl (C=O) groups excluding carboxylic acids is 1. The molecule has 16 heavy (non-hydrogen) atoms. The van der Waals surface area contributed by atoms with E-state index in [2.05, 4.69) is 5.10 Å². The monoisotopic (exact) mass is 223 g/mol. The van der Waals surface area contributed by atoms with E-state index in [1.807, 2.05) is 6.92 Å². The molecule has 1 aliphatic rings. The molecule has 0 aliphatic carbocycles. The Morgan fingerprint density at radius 3 is 2.81 bits per heavy atom. The molecule has 1 N–H and O–H groups in total. The Balaban J connectivity index is 1.98. The van der Waals surface area contributed by atoms with Crippen LogP contribution < -0.4 is 0 Å². The second-order valence-electron chi connectivity index (χ2n) is 4.48. The third-order valence-corrected chi connectivity index (χ3v) is 3.01. The first kappa shape index (κ1) is 11.1. The van der Waals surface area contributed by atoms with Crippen molar-refractivity contribution in [2.75, 3.05) is 13.1 Å². The van der Waals surface area contributed by atoms with Gasteiger partial charge in [-0.25, -0.2) is 0 Å². The van der Waals surface area contributed by atoms with Crippen molar-refractivity contribution in [3.63, 3.8) is 0 Å². The van der Waals surface area contributed by atoms with Gasteiger partial charge in [-0.15, -0.1) is 0 Å². The number of β-amino-alcohol motifs (C(OH)–C–C–N with tert-alkyl or cyclic N) is 1. The van der Waals surface area contributed by atoms with Gasteiger partial charge >= 0.3 is 0 Å². The standard InChI is InChI=1S/C11H17N3O2/c1-3-5-11(16)7-14(8-11)10(15)9-4-6-12-13(9)2/h4,6,16H,3,5,7-8H2,1-2H3. The Hall–Kier alpha value is -1.36. The van der Waals surface area contributed by atoms with Gasteiger partial charge < -0.3 is 10.0 Å². The molecular weight excluding hydrogens is 206 g/mol. The highest BCUT2D eigenvalue weighted by atomic mass is 16.3. The van der Waals surface area contributed by atoms with Crippen LogP contribution in [0, 0.1) is 0 Å². The second kappa shape index (κ2) is 3.90. The Bertz CT molecular complexity index is 394.